The summed E-state index contributed by atoms with van der Waals surface area (Å²) >= 11 is 0. The minimum atomic E-state index is -0.275. The maximum absolute atomic E-state index is 12.2. The lowest BCUT2D eigenvalue weighted by molar-refractivity contribution is 0.0202. The standard InChI is InChI=1S/C22H24N4O3/c1-26-14-17(13-24-26)16-11-20(21(27)23-12-16)25-18-7-9-19(10-8-18)29-22(28)15-5-3-2-4-6-15/h2-6,11-14,18-19,25H,7-10H2,1H3,(H,23,27). The van der Waals surface area contributed by atoms with Gasteiger partial charge in [0.1, 0.15) is 11.8 Å². The van der Waals surface area contributed by atoms with Crippen molar-refractivity contribution >= 4 is 11.7 Å². The number of carbonyl (C=O) groups is 1. The van der Waals surface area contributed by atoms with E-state index in [1.165, 1.54) is 0 Å². The third-order valence-corrected chi connectivity index (χ3v) is 5.26. The molecule has 0 unspecified atom stereocenters. The molecule has 2 heterocycles. The highest BCUT2D eigenvalue weighted by molar-refractivity contribution is 5.89. The molecule has 150 valence electrons. The van der Waals surface area contributed by atoms with Gasteiger partial charge in [0.2, 0.25) is 0 Å². The Morgan fingerprint density at radius 1 is 1.17 bits per heavy atom. The Morgan fingerprint density at radius 3 is 2.62 bits per heavy atom. The summed E-state index contributed by atoms with van der Waals surface area (Å²) in [5.74, 6) is -0.275. The number of pyridine rings is 1. The minimum absolute atomic E-state index is 0.0826. The number of aryl methyl sites for hydroxylation is 1. The van der Waals surface area contributed by atoms with Gasteiger partial charge in [0.25, 0.3) is 5.56 Å². The smallest absolute Gasteiger partial charge is 0.338 e. The fraction of sp³-hybridized carbons (Fsp3) is 0.318. The Balaban J connectivity index is 1.35. The first-order valence-corrected chi connectivity index (χ1v) is 9.83. The summed E-state index contributed by atoms with van der Waals surface area (Å²) in [6.07, 6.45) is 8.51. The predicted octanol–water partition coefficient (Wildman–Crippen LogP) is 3.36. The minimum Gasteiger partial charge on any atom is -0.459 e. The number of rotatable bonds is 5. The molecule has 7 heteroatoms. The summed E-state index contributed by atoms with van der Waals surface area (Å²) in [6, 6.07) is 11.1. The fourth-order valence-corrected chi connectivity index (χ4v) is 3.67. The van der Waals surface area contributed by atoms with E-state index < -0.39 is 0 Å². The summed E-state index contributed by atoms with van der Waals surface area (Å²) in [5.41, 5.74) is 2.84. The van der Waals surface area contributed by atoms with Crippen LogP contribution in [0.4, 0.5) is 5.69 Å². The molecule has 1 aliphatic rings. The van der Waals surface area contributed by atoms with E-state index in [1.807, 2.05) is 37.5 Å². The summed E-state index contributed by atoms with van der Waals surface area (Å²) in [4.78, 5) is 27.2. The molecular formula is C22H24N4O3. The quantitative estimate of drug-likeness (QED) is 0.650. The molecule has 0 radical (unpaired) electrons. The van der Waals surface area contributed by atoms with Gasteiger partial charge in [-0.05, 0) is 43.9 Å². The molecule has 2 N–H and O–H groups in total. The van der Waals surface area contributed by atoms with E-state index in [2.05, 4.69) is 15.4 Å². The molecule has 0 spiro atoms. The fourth-order valence-electron chi connectivity index (χ4n) is 3.67. The highest BCUT2D eigenvalue weighted by Gasteiger charge is 2.25. The topological polar surface area (TPSA) is 89.0 Å². The lowest BCUT2D eigenvalue weighted by atomic mass is 9.92. The van der Waals surface area contributed by atoms with Crippen molar-refractivity contribution in [2.24, 2.45) is 7.05 Å². The van der Waals surface area contributed by atoms with Crippen molar-refractivity contribution in [1.29, 1.82) is 0 Å². The second-order valence-corrected chi connectivity index (χ2v) is 7.42. The monoisotopic (exact) mass is 392 g/mol. The van der Waals surface area contributed by atoms with Crippen LogP contribution in [0.15, 0.2) is 59.8 Å². The third kappa shape index (κ3) is 4.56. The molecule has 0 amide bonds. The van der Waals surface area contributed by atoms with Crippen molar-refractivity contribution < 1.29 is 9.53 Å². The molecule has 0 bridgehead atoms. The molecule has 1 aliphatic carbocycles. The van der Waals surface area contributed by atoms with E-state index in [4.69, 9.17) is 4.74 Å². The Morgan fingerprint density at radius 2 is 1.93 bits per heavy atom. The van der Waals surface area contributed by atoms with Crippen molar-refractivity contribution in [2.75, 3.05) is 5.32 Å². The van der Waals surface area contributed by atoms with Crippen LogP contribution in [0, 0.1) is 0 Å². The zero-order valence-corrected chi connectivity index (χ0v) is 16.3. The van der Waals surface area contributed by atoms with Crippen LogP contribution < -0.4 is 10.9 Å². The maximum Gasteiger partial charge on any atom is 0.338 e. The lowest BCUT2D eigenvalue weighted by Gasteiger charge is -2.29. The van der Waals surface area contributed by atoms with E-state index >= 15 is 0 Å². The van der Waals surface area contributed by atoms with Crippen LogP contribution in [0.2, 0.25) is 0 Å². The highest BCUT2D eigenvalue weighted by atomic mass is 16.5. The predicted molar refractivity (Wildman–Crippen MR) is 111 cm³/mol. The van der Waals surface area contributed by atoms with E-state index in [-0.39, 0.29) is 23.7 Å². The van der Waals surface area contributed by atoms with Gasteiger partial charge in [-0.2, -0.15) is 5.10 Å². The van der Waals surface area contributed by atoms with Gasteiger partial charge < -0.3 is 15.0 Å². The van der Waals surface area contributed by atoms with Crippen molar-refractivity contribution in [2.45, 2.75) is 37.8 Å². The van der Waals surface area contributed by atoms with Crippen LogP contribution in [0.25, 0.3) is 11.1 Å². The van der Waals surface area contributed by atoms with Crippen LogP contribution in [-0.4, -0.2) is 32.9 Å². The number of benzene rings is 1. The highest BCUT2D eigenvalue weighted by Crippen LogP contribution is 2.25. The number of aromatic nitrogens is 3. The Bertz CT molecular complexity index is 1030. The number of hydrogen-bond acceptors (Lipinski definition) is 5. The number of hydrogen-bond donors (Lipinski definition) is 2. The normalized spacial score (nSPS) is 18.9. The molecule has 0 saturated heterocycles. The van der Waals surface area contributed by atoms with Crippen molar-refractivity contribution in [3.8, 4) is 11.1 Å². The summed E-state index contributed by atoms with van der Waals surface area (Å²) in [6.45, 7) is 0. The van der Waals surface area contributed by atoms with Crippen LogP contribution in [0.3, 0.4) is 0 Å². The van der Waals surface area contributed by atoms with Crippen LogP contribution >= 0.6 is 0 Å². The van der Waals surface area contributed by atoms with Gasteiger partial charge in [0.15, 0.2) is 0 Å². The third-order valence-electron chi connectivity index (χ3n) is 5.26. The summed E-state index contributed by atoms with van der Waals surface area (Å²) in [7, 11) is 1.86. The van der Waals surface area contributed by atoms with Gasteiger partial charge >= 0.3 is 5.97 Å². The van der Waals surface area contributed by atoms with E-state index in [0.717, 1.165) is 36.8 Å². The Hall–Kier alpha value is -3.35. The SMILES string of the molecule is Cn1cc(-c2c[nH]c(=O)c(NC3CCC(OC(=O)c4ccccc4)CC3)c2)cn1. The maximum atomic E-state index is 12.2. The number of anilines is 1. The van der Waals surface area contributed by atoms with Crippen molar-refractivity contribution in [3.63, 3.8) is 0 Å². The first-order valence-electron chi connectivity index (χ1n) is 9.83. The first-order chi connectivity index (χ1) is 14.1. The molecule has 0 atom stereocenters. The zero-order valence-electron chi connectivity index (χ0n) is 16.3. The molecule has 3 aromatic rings. The molecule has 1 fully saturated rings. The number of nitrogens with zero attached hydrogens (tertiary/aromatic N) is 2. The molecular weight excluding hydrogens is 368 g/mol. The van der Waals surface area contributed by atoms with Gasteiger partial charge in [-0.3, -0.25) is 9.48 Å². The lowest BCUT2D eigenvalue weighted by Crippen LogP contribution is -2.32. The van der Waals surface area contributed by atoms with Crippen LogP contribution in [0.5, 0.6) is 0 Å². The van der Waals surface area contributed by atoms with Gasteiger partial charge in [0, 0.05) is 36.6 Å². The molecule has 7 nitrogen and oxygen atoms in total. The van der Waals surface area contributed by atoms with E-state index in [0.29, 0.717) is 11.3 Å². The number of aromatic amines is 1. The second kappa shape index (κ2) is 8.34. The second-order valence-electron chi connectivity index (χ2n) is 7.42. The van der Waals surface area contributed by atoms with Gasteiger partial charge in [-0.15, -0.1) is 0 Å². The van der Waals surface area contributed by atoms with Gasteiger partial charge in [-0.1, -0.05) is 18.2 Å². The molecule has 0 aliphatic heterocycles. The zero-order chi connectivity index (χ0) is 20.2. The van der Waals surface area contributed by atoms with E-state index in [9.17, 15) is 9.59 Å². The number of esters is 1. The van der Waals surface area contributed by atoms with Gasteiger partial charge in [0.05, 0.1) is 11.8 Å². The summed E-state index contributed by atoms with van der Waals surface area (Å²) < 4.78 is 7.36. The average Bonchev–Trinajstić information content (AvgIpc) is 3.18. The molecule has 29 heavy (non-hydrogen) atoms. The van der Waals surface area contributed by atoms with Crippen LogP contribution in [0.1, 0.15) is 36.0 Å². The number of H-pyrrole nitrogens is 1. The number of nitrogens with one attached hydrogen (secondary N) is 2. The molecule has 4 rings (SSSR count). The number of carbonyl (C=O) groups excluding carboxylic acids is 1. The Labute approximate surface area is 168 Å². The molecule has 2 aromatic heterocycles. The van der Waals surface area contributed by atoms with E-state index in [1.54, 1.807) is 29.2 Å². The largest absolute Gasteiger partial charge is 0.459 e. The summed E-state index contributed by atoms with van der Waals surface area (Å²) in [5, 5.41) is 7.54. The Kier molecular flexibility index (Phi) is 5.46. The molecule has 1 saturated carbocycles. The number of ether oxygens (including phenoxy) is 1. The average molecular weight is 392 g/mol. The van der Waals surface area contributed by atoms with Crippen molar-refractivity contribution in [1.82, 2.24) is 14.8 Å². The molecule has 1 aromatic carbocycles. The van der Waals surface area contributed by atoms with Crippen molar-refractivity contribution in [3.05, 3.63) is 70.9 Å². The van der Waals surface area contributed by atoms with Crippen LogP contribution in [-0.2, 0) is 11.8 Å². The van der Waals surface area contributed by atoms with Gasteiger partial charge in [-0.25, -0.2) is 4.79 Å². The first kappa shape index (κ1) is 19.0.